The Morgan fingerprint density at radius 2 is 2.00 bits per heavy atom. The van der Waals surface area contributed by atoms with E-state index in [2.05, 4.69) is 10.3 Å². The molecule has 106 valence electrons. The quantitative estimate of drug-likeness (QED) is 0.919. The van der Waals surface area contributed by atoms with Crippen LogP contribution in [0.15, 0.2) is 36.5 Å². The predicted molar refractivity (Wildman–Crippen MR) is 82.0 cm³/mol. The van der Waals surface area contributed by atoms with Gasteiger partial charge < -0.3 is 10.2 Å². The summed E-state index contributed by atoms with van der Waals surface area (Å²) in [4.78, 5) is 6.02. The summed E-state index contributed by atoms with van der Waals surface area (Å²) in [5, 5.41) is 3.98. The van der Waals surface area contributed by atoms with E-state index in [-0.39, 0.29) is 11.9 Å². The van der Waals surface area contributed by atoms with E-state index in [0.29, 0.717) is 5.02 Å². The third-order valence-corrected chi connectivity index (χ3v) is 3.31. The maximum atomic E-state index is 12.8. The molecule has 0 aliphatic heterocycles. The van der Waals surface area contributed by atoms with E-state index in [1.54, 1.807) is 6.07 Å². The summed E-state index contributed by atoms with van der Waals surface area (Å²) in [5.74, 6) is -0.334. The van der Waals surface area contributed by atoms with Crippen molar-refractivity contribution in [1.29, 1.82) is 0 Å². The highest BCUT2D eigenvalue weighted by Gasteiger charge is 2.09. The summed E-state index contributed by atoms with van der Waals surface area (Å²) in [6.45, 7) is 1.97. The van der Waals surface area contributed by atoms with E-state index in [1.807, 2.05) is 44.1 Å². The van der Waals surface area contributed by atoms with Gasteiger partial charge in [0.1, 0.15) is 5.82 Å². The van der Waals surface area contributed by atoms with Crippen LogP contribution in [0.5, 0.6) is 0 Å². The number of anilines is 2. The van der Waals surface area contributed by atoms with Gasteiger partial charge in [-0.05, 0) is 37.3 Å². The fourth-order valence-electron chi connectivity index (χ4n) is 1.93. The maximum absolute atomic E-state index is 12.8. The van der Waals surface area contributed by atoms with Gasteiger partial charge in [-0.1, -0.05) is 11.6 Å². The Labute approximate surface area is 123 Å². The first-order chi connectivity index (χ1) is 9.47. The minimum absolute atomic E-state index is 0.0307. The summed E-state index contributed by atoms with van der Waals surface area (Å²) in [5.41, 5.74) is 2.64. The molecule has 5 heteroatoms. The van der Waals surface area contributed by atoms with Crippen LogP contribution < -0.4 is 10.2 Å². The molecule has 0 amide bonds. The van der Waals surface area contributed by atoms with Gasteiger partial charge in [-0.25, -0.2) is 4.39 Å². The molecular weight excluding hydrogens is 277 g/mol. The van der Waals surface area contributed by atoms with Crippen LogP contribution in [0.4, 0.5) is 15.8 Å². The third kappa shape index (κ3) is 3.39. The normalized spacial score (nSPS) is 12.1. The second-order valence-electron chi connectivity index (χ2n) is 4.83. The summed E-state index contributed by atoms with van der Waals surface area (Å²) in [6.07, 6.45) is 1.22. The average Bonchev–Trinajstić information content (AvgIpc) is 2.39. The van der Waals surface area contributed by atoms with Crippen molar-refractivity contribution >= 4 is 23.0 Å². The summed E-state index contributed by atoms with van der Waals surface area (Å²) in [6, 6.07) is 8.83. The molecule has 1 N–H and O–H groups in total. The molecule has 1 aromatic heterocycles. The number of aromatic nitrogens is 1. The highest BCUT2D eigenvalue weighted by atomic mass is 35.5. The SMILES string of the molecule is CC(Nc1ccc(N(C)C)c(Cl)c1)c1ccc(F)cn1. The van der Waals surface area contributed by atoms with Crippen molar-refractivity contribution in [3.63, 3.8) is 0 Å². The number of benzene rings is 1. The van der Waals surface area contributed by atoms with Crippen molar-refractivity contribution < 1.29 is 4.39 Å². The lowest BCUT2D eigenvalue weighted by atomic mass is 10.2. The standard InChI is InChI=1S/C15H17ClFN3/c1-10(14-6-4-11(17)9-18-14)19-12-5-7-15(20(2)3)13(16)8-12/h4-10,19H,1-3H3. The number of rotatable bonds is 4. The van der Waals surface area contributed by atoms with Crippen LogP contribution in [0.3, 0.4) is 0 Å². The van der Waals surface area contributed by atoms with Gasteiger partial charge in [-0.15, -0.1) is 0 Å². The van der Waals surface area contributed by atoms with E-state index < -0.39 is 0 Å². The van der Waals surface area contributed by atoms with Crippen molar-refractivity contribution in [2.45, 2.75) is 13.0 Å². The second-order valence-corrected chi connectivity index (χ2v) is 5.24. The van der Waals surface area contributed by atoms with E-state index in [0.717, 1.165) is 17.1 Å². The fourth-order valence-corrected chi connectivity index (χ4v) is 2.28. The number of halogens is 2. The summed E-state index contributed by atoms with van der Waals surface area (Å²) in [7, 11) is 3.89. The Bertz CT molecular complexity index is 584. The highest BCUT2D eigenvalue weighted by molar-refractivity contribution is 6.33. The molecule has 1 atom stereocenters. The second kappa shape index (κ2) is 6.09. The predicted octanol–water partition coefficient (Wildman–Crippen LogP) is 4.11. The van der Waals surface area contributed by atoms with Crippen molar-refractivity contribution in [3.8, 4) is 0 Å². The van der Waals surface area contributed by atoms with Crippen LogP contribution in [-0.4, -0.2) is 19.1 Å². The van der Waals surface area contributed by atoms with Gasteiger partial charge in [0.05, 0.1) is 28.6 Å². The molecule has 1 unspecified atom stereocenters. The molecule has 0 radical (unpaired) electrons. The summed E-state index contributed by atoms with van der Waals surface area (Å²) >= 11 is 6.23. The first-order valence-corrected chi connectivity index (χ1v) is 6.70. The lowest BCUT2D eigenvalue weighted by molar-refractivity contribution is 0.617. The Balaban J connectivity index is 2.13. The van der Waals surface area contributed by atoms with E-state index >= 15 is 0 Å². The Hall–Kier alpha value is -1.81. The van der Waals surface area contributed by atoms with E-state index in [9.17, 15) is 4.39 Å². The Kier molecular flexibility index (Phi) is 4.45. The molecule has 20 heavy (non-hydrogen) atoms. The molecule has 0 bridgehead atoms. The molecule has 2 aromatic rings. The van der Waals surface area contributed by atoms with Gasteiger partial charge in [0, 0.05) is 19.8 Å². The smallest absolute Gasteiger partial charge is 0.141 e. The molecule has 0 aliphatic carbocycles. The van der Waals surface area contributed by atoms with Crippen LogP contribution >= 0.6 is 11.6 Å². The van der Waals surface area contributed by atoms with Gasteiger partial charge in [-0.2, -0.15) is 0 Å². The first-order valence-electron chi connectivity index (χ1n) is 6.32. The van der Waals surface area contributed by atoms with Gasteiger partial charge in [0.25, 0.3) is 0 Å². The third-order valence-electron chi connectivity index (χ3n) is 3.01. The molecule has 1 heterocycles. The topological polar surface area (TPSA) is 28.2 Å². The number of nitrogens with one attached hydrogen (secondary N) is 1. The van der Waals surface area contributed by atoms with Crippen LogP contribution in [0.25, 0.3) is 0 Å². The van der Waals surface area contributed by atoms with Crippen LogP contribution in [0.1, 0.15) is 18.7 Å². The molecule has 0 saturated heterocycles. The Morgan fingerprint density at radius 3 is 2.55 bits per heavy atom. The molecule has 1 aromatic carbocycles. The van der Waals surface area contributed by atoms with Crippen LogP contribution in [-0.2, 0) is 0 Å². The van der Waals surface area contributed by atoms with Crippen LogP contribution in [0, 0.1) is 5.82 Å². The first kappa shape index (κ1) is 14.6. The zero-order valence-corrected chi connectivity index (χ0v) is 12.4. The maximum Gasteiger partial charge on any atom is 0.141 e. The van der Waals surface area contributed by atoms with Crippen molar-refractivity contribution in [1.82, 2.24) is 4.98 Å². The summed E-state index contributed by atoms with van der Waals surface area (Å²) < 4.78 is 12.8. The largest absolute Gasteiger partial charge is 0.377 e. The fraction of sp³-hybridized carbons (Fsp3) is 0.267. The molecule has 2 rings (SSSR count). The van der Waals surface area contributed by atoms with Crippen molar-refractivity contribution in [2.24, 2.45) is 0 Å². The molecule has 0 saturated carbocycles. The van der Waals surface area contributed by atoms with E-state index in [4.69, 9.17) is 11.6 Å². The van der Waals surface area contributed by atoms with Gasteiger partial charge in [0.2, 0.25) is 0 Å². The van der Waals surface area contributed by atoms with E-state index in [1.165, 1.54) is 12.3 Å². The highest BCUT2D eigenvalue weighted by Crippen LogP contribution is 2.29. The van der Waals surface area contributed by atoms with Crippen molar-refractivity contribution in [2.75, 3.05) is 24.3 Å². The molecule has 3 nitrogen and oxygen atoms in total. The lowest BCUT2D eigenvalue weighted by Gasteiger charge is -2.18. The number of hydrogen-bond acceptors (Lipinski definition) is 3. The van der Waals surface area contributed by atoms with Crippen LogP contribution in [0.2, 0.25) is 5.02 Å². The number of nitrogens with zero attached hydrogens (tertiary/aromatic N) is 2. The van der Waals surface area contributed by atoms with Crippen molar-refractivity contribution in [3.05, 3.63) is 53.1 Å². The minimum atomic E-state index is -0.334. The van der Waals surface area contributed by atoms with Gasteiger partial charge in [0.15, 0.2) is 0 Å². The number of pyridine rings is 1. The Morgan fingerprint density at radius 1 is 1.25 bits per heavy atom. The zero-order chi connectivity index (χ0) is 14.7. The average molecular weight is 294 g/mol. The van der Waals surface area contributed by atoms with Gasteiger partial charge >= 0.3 is 0 Å². The molecular formula is C15H17ClFN3. The monoisotopic (exact) mass is 293 g/mol. The lowest BCUT2D eigenvalue weighted by Crippen LogP contribution is -2.11. The molecule has 0 spiro atoms. The molecule has 0 aliphatic rings. The molecule has 0 fully saturated rings. The number of hydrogen-bond donors (Lipinski definition) is 1. The van der Waals surface area contributed by atoms with Gasteiger partial charge in [-0.3, -0.25) is 4.98 Å². The minimum Gasteiger partial charge on any atom is -0.377 e. The zero-order valence-electron chi connectivity index (χ0n) is 11.7.